The summed E-state index contributed by atoms with van der Waals surface area (Å²) in [4.78, 5) is 17.4. The van der Waals surface area contributed by atoms with Crippen molar-refractivity contribution >= 4 is 11.7 Å². The van der Waals surface area contributed by atoms with E-state index in [1.54, 1.807) is 18.2 Å². The molecule has 0 unspecified atom stereocenters. The summed E-state index contributed by atoms with van der Waals surface area (Å²) in [7, 11) is 0. The van der Waals surface area contributed by atoms with Gasteiger partial charge in [0.25, 0.3) is 0 Å². The zero-order chi connectivity index (χ0) is 21.6. The minimum Gasteiger partial charge on any atom is -0.435 e. The largest absolute Gasteiger partial charge is 0.435 e. The third-order valence-electron chi connectivity index (χ3n) is 6.77. The molecule has 1 saturated heterocycles. The van der Waals surface area contributed by atoms with Crippen LogP contribution in [0.15, 0.2) is 30.3 Å². The molecule has 1 aromatic carbocycles. The van der Waals surface area contributed by atoms with Crippen molar-refractivity contribution in [2.24, 2.45) is 5.92 Å². The van der Waals surface area contributed by atoms with Crippen molar-refractivity contribution in [3.05, 3.63) is 41.6 Å². The van der Waals surface area contributed by atoms with E-state index in [-0.39, 0.29) is 17.2 Å². The maximum Gasteiger partial charge on any atom is 0.387 e. The van der Waals surface area contributed by atoms with Gasteiger partial charge in [-0.05, 0) is 56.2 Å². The van der Waals surface area contributed by atoms with Crippen molar-refractivity contribution in [1.82, 2.24) is 14.7 Å². The predicted molar refractivity (Wildman–Crippen MR) is 112 cm³/mol. The van der Waals surface area contributed by atoms with Gasteiger partial charge in [-0.15, -0.1) is 0 Å². The minimum absolute atomic E-state index is 0.186. The van der Waals surface area contributed by atoms with Gasteiger partial charge in [0, 0.05) is 32.2 Å². The van der Waals surface area contributed by atoms with Crippen LogP contribution in [0.5, 0.6) is 5.75 Å². The fourth-order valence-corrected chi connectivity index (χ4v) is 4.95. The number of ether oxygens (including phenoxy) is 1. The second-order valence-corrected chi connectivity index (χ2v) is 9.21. The standard InChI is InChI=1S/C23H28F2N4O2/c1-16-11-20-28(15-17-5-6-17)21(30)13-23(29(20)26-16)7-9-27(10-8-23)14-18-3-2-4-19(12-18)31-22(24)25/h2-4,11-12,17,22H,5-10,13-15H2,1H3. The average Bonchev–Trinajstić information content (AvgIpc) is 3.45. The molecule has 1 amide bonds. The minimum atomic E-state index is -2.82. The molecule has 2 aliphatic heterocycles. The van der Waals surface area contributed by atoms with Crippen molar-refractivity contribution in [3.63, 3.8) is 0 Å². The zero-order valence-corrected chi connectivity index (χ0v) is 17.8. The average molecular weight is 430 g/mol. The molecule has 1 aromatic heterocycles. The summed E-state index contributed by atoms with van der Waals surface area (Å²) in [6.07, 6.45) is 4.61. The number of amides is 1. The van der Waals surface area contributed by atoms with E-state index >= 15 is 0 Å². The molecule has 0 bridgehead atoms. The first kappa shape index (κ1) is 20.4. The lowest BCUT2D eigenvalue weighted by Crippen LogP contribution is -2.54. The first-order chi connectivity index (χ1) is 14.9. The molecule has 8 heteroatoms. The first-order valence-corrected chi connectivity index (χ1v) is 11.1. The molecule has 6 nitrogen and oxygen atoms in total. The van der Waals surface area contributed by atoms with Gasteiger partial charge in [-0.1, -0.05) is 12.1 Å². The van der Waals surface area contributed by atoms with Gasteiger partial charge in [-0.2, -0.15) is 13.9 Å². The van der Waals surface area contributed by atoms with E-state index < -0.39 is 6.61 Å². The number of carbonyl (C=O) groups excluding carboxylic acids is 1. The van der Waals surface area contributed by atoms with Gasteiger partial charge in [0.1, 0.15) is 11.6 Å². The van der Waals surface area contributed by atoms with Crippen molar-refractivity contribution in [3.8, 4) is 5.75 Å². The Morgan fingerprint density at radius 3 is 2.71 bits per heavy atom. The van der Waals surface area contributed by atoms with E-state index in [1.165, 1.54) is 12.8 Å². The monoisotopic (exact) mass is 430 g/mol. The topological polar surface area (TPSA) is 50.6 Å². The molecule has 3 aliphatic rings. The Bertz CT molecular complexity index is 964. The molecule has 2 aromatic rings. The van der Waals surface area contributed by atoms with Crippen LogP contribution >= 0.6 is 0 Å². The molecule has 1 aliphatic carbocycles. The number of likely N-dealkylation sites (tertiary alicyclic amines) is 1. The lowest BCUT2D eigenvalue weighted by molar-refractivity contribution is -0.123. The molecule has 0 radical (unpaired) electrons. The fourth-order valence-electron chi connectivity index (χ4n) is 4.95. The van der Waals surface area contributed by atoms with Crippen molar-refractivity contribution < 1.29 is 18.3 Å². The zero-order valence-electron chi connectivity index (χ0n) is 17.8. The van der Waals surface area contributed by atoms with Gasteiger partial charge >= 0.3 is 6.61 Å². The summed E-state index contributed by atoms with van der Waals surface area (Å²) in [6, 6.07) is 8.93. The Hall–Kier alpha value is -2.48. The number of aryl methyl sites for hydroxylation is 1. The highest BCUT2D eigenvalue weighted by Gasteiger charge is 2.46. The number of anilines is 1. The number of rotatable bonds is 6. The number of halogens is 2. The number of carbonyl (C=O) groups is 1. The number of hydrogen-bond donors (Lipinski definition) is 0. The van der Waals surface area contributed by atoms with Crippen LogP contribution in [-0.4, -0.2) is 46.8 Å². The van der Waals surface area contributed by atoms with Crippen molar-refractivity contribution in [2.75, 3.05) is 24.5 Å². The molecule has 166 valence electrons. The molecule has 5 rings (SSSR count). The number of aromatic nitrogens is 2. The van der Waals surface area contributed by atoms with Crippen molar-refractivity contribution in [2.45, 2.75) is 57.7 Å². The van der Waals surface area contributed by atoms with E-state index in [0.29, 0.717) is 18.9 Å². The van der Waals surface area contributed by atoms with Crippen LogP contribution in [0.1, 0.15) is 43.4 Å². The fraction of sp³-hybridized carbons (Fsp3) is 0.565. The van der Waals surface area contributed by atoms with Gasteiger partial charge in [0.05, 0.1) is 17.7 Å². The summed E-state index contributed by atoms with van der Waals surface area (Å²) in [5.74, 6) is 1.98. The SMILES string of the molecule is Cc1cc2n(n1)C1(CCN(Cc3cccc(OC(F)F)c3)CC1)CC(=O)N2CC1CC1. The Balaban J connectivity index is 1.29. The van der Waals surface area contributed by atoms with Crippen LogP contribution in [0.3, 0.4) is 0 Å². The number of hydrogen-bond acceptors (Lipinski definition) is 4. The second kappa shape index (κ2) is 7.89. The first-order valence-electron chi connectivity index (χ1n) is 11.1. The lowest BCUT2D eigenvalue weighted by Gasteiger charge is -2.46. The lowest BCUT2D eigenvalue weighted by atomic mass is 9.82. The molecule has 0 N–H and O–H groups in total. The van der Waals surface area contributed by atoms with Crippen LogP contribution in [0.2, 0.25) is 0 Å². The van der Waals surface area contributed by atoms with E-state index in [2.05, 4.69) is 14.3 Å². The third-order valence-corrected chi connectivity index (χ3v) is 6.77. The van der Waals surface area contributed by atoms with Crippen molar-refractivity contribution in [1.29, 1.82) is 0 Å². The van der Waals surface area contributed by atoms with Crippen LogP contribution in [0.4, 0.5) is 14.6 Å². The summed E-state index contributed by atoms with van der Waals surface area (Å²) in [6.45, 7) is 2.30. The van der Waals surface area contributed by atoms with Gasteiger partial charge in [0.15, 0.2) is 0 Å². The molecule has 3 heterocycles. The Morgan fingerprint density at radius 2 is 2.00 bits per heavy atom. The Labute approximate surface area is 180 Å². The summed E-state index contributed by atoms with van der Waals surface area (Å²) < 4.78 is 31.6. The Morgan fingerprint density at radius 1 is 1.23 bits per heavy atom. The molecular formula is C23H28F2N4O2. The highest BCUT2D eigenvalue weighted by atomic mass is 19.3. The molecule has 0 atom stereocenters. The van der Waals surface area contributed by atoms with Crippen LogP contribution < -0.4 is 9.64 Å². The maximum absolute atomic E-state index is 13.1. The van der Waals surface area contributed by atoms with Crippen LogP contribution in [0, 0.1) is 12.8 Å². The van der Waals surface area contributed by atoms with Gasteiger partial charge < -0.3 is 4.74 Å². The molecule has 2 fully saturated rings. The number of benzene rings is 1. The van der Waals surface area contributed by atoms with Crippen LogP contribution in [0.25, 0.3) is 0 Å². The van der Waals surface area contributed by atoms with E-state index in [1.807, 2.05) is 24.0 Å². The highest BCUT2D eigenvalue weighted by molar-refractivity contribution is 5.94. The van der Waals surface area contributed by atoms with Gasteiger partial charge in [-0.25, -0.2) is 4.68 Å². The number of nitrogens with zero attached hydrogens (tertiary/aromatic N) is 4. The number of fused-ring (bicyclic) bond motifs is 2. The second-order valence-electron chi connectivity index (χ2n) is 9.21. The normalized spacial score (nSPS) is 21.0. The summed E-state index contributed by atoms with van der Waals surface area (Å²) in [5, 5.41) is 4.81. The molecule has 1 saturated carbocycles. The Kier molecular flexibility index (Phi) is 5.20. The molecule has 31 heavy (non-hydrogen) atoms. The molecule has 1 spiro atoms. The van der Waals surface area contributed by atoms with E-state index in [0.717, 1.165) is 49.6 Å². The summed E-state index contributed by atoms with van der Waals surface area (Å²) >= 11 is 0. The van der Waals surface area contributed by atoms with Gasteiger partial charge in [0.2, 0.25) is 5.91 Å². The third kappa shape index (κ3) is 4.18. The maximum atomic E-state index is 13.1. The van der Waals surface area contributed by atoms with Crippen LogP contribution in [-0.2, 0) is 16.9 Å². The predicted octanol–water partition coefficient (Wildman–Crippen LogP) is 3.93. The smallest absolute Gasteiger partial charge is 0.387 e. The van der Waals surface area contributed by atoms with E-state index in [9.17, 15) is 13.6 Å². The quantitative estimate of drug-likeness (QED) is 0.697. The summed E-state index contributed by atoms with van der Waals surface area (Å²) in [5.41, 5.74) is 1.63. The molecular weight excluding hydrogens is 402 g/mol. The highest BCUT2D eigenvalue weighted by Crippen LogP contribution is 2.43. The van der Waals surface area contributed by atoms with E-state index in [4.69, 9.17) is 5.10 Å². The number of piperidine rings is 1. The number of alkyl halides is 2. The van der Waals surface area contributed by atoms with Gasteiger partial charge in [-0.3, -0.25) is 14.6 Å².